The van der Waals surface area contributed by atoms with Gasteiger partial charge in [-0.25, -0.2) is 9.37 Å². The zero-order chi connectivity index (χ0) is 25.6. The summed E-state index contributed by atoms with van der Waals surface area (Å²) < 4.78 is 13.5. The number of nitrogens with zero attached hydrogens (tertiary/aromatic N) is 4. The third kappa shape index (κ3) is 3.88. The molecule has 186 valence electrons. The fraction of sp³-hybridized carbons (Fsp3) is 0.138. The van der Waals surface area contributed by atoms with Crippen molar-refractivity contribution in [3.05, 3.63) is 79.1 Å². The summed E-state index contributed by atoms with van der Waals surface area (Å²) in [4.78, 5) is 29.2. The Kier molecular flexibility index (Phi) is 5.21. The first-order valence-electron chi connectivity index (χ1n) is 12.5. The highest BCUT2D eigenvalue weighted by Gasteiger charge is 2.25. The van der Waals surface area contributed by atoms with Gasteiger partial charge in [0.1, 0.15) is 17.2 Å². The highest BCUT2D eigenvalue weighted by atomic mass is 19.1. The van der Waals surface area contributed by atoms with Crippen molar-refractivity contribution in [3.8, 4) is 33.8 Å². The van der Waals surface area contributed by atoms with Gasteiger partial charge in [0.05, 0.1) is 35.0 Å². The Morgan fingerprint density at radius 1 is 0.947 bits per heavy atom. The van der Waals surface area contributed by atoms with Gasteiger partial charge in [-0.1, -0.05) is 18.6 Å². The SMILES string of the molecule is O=C(Nc1cncc(-c2cc3c(-c4cc5c(-c6ccc(F)cc6)ccnc5[nH]4)n[nH]c3cn2)c1)C1CCC1. The molecule has 6 aromatic rings. The Labute approximate surface area is 216 Å². The first kappa shape index (κ1) is 22.3. The van der Waals surface area contributed by atoms with E-state index in [0.717, 1.165) is 63.6 Å². The van der Waals surface area contributed by atoms with E-state index in [1.807, 2.05) is 24.3 Å². The number of fused-ring (bicyclic) bond motifs is 2. The minimum absolute atomic E-state index is 0.0446. The molecule has 0 bridgehead atoms. The number of anilines is 1. The van der Waals surface area contributed by atoms with Crippen molar-refractivity contribution in [2.45, 2.75) is 19.3 Å². The van der Waals surface area contributed by atoms with Crippen LogP contribution in [-0.2, 0) is 4.79 Å². The fourth-order valence-electron chi connectivity index (χ4n) is 4.88. The normalized spacial score (nSPS) is 13.6. The van der Waals surface area contributed by atoms with E-state index in [-0.39, 0.29) is 17.6 Å². The highest BCUT2D eigenvalue weighted by molar-refractivity contribution is 6.00. The minimum atomic E-state index is -0.275. The largest absolute Gasteiger partial charge is 0.338 e. The Morgan fingerprint density at radius 2 is 1.82 bits per heavy atom. The number of rotatable bonds is 5. The number of benzene rings is 1. The van der Waals surface area contributed by atoms with E-state index in [1.165, 1.54) is 12.1 Å². The lowest BCUT2D eigenvalue weighted by Gasteiger charge is -2.24. The molecule has 8 nitrogen and oxygen atoms in total. The van der Waals surface area contributed by atoms with Gasteiger partial charge in [-0.2, -0.15) is 5.10 Å². The summed E-state index contributed by atoms with van der Waals surface area (Å²) >= 11 is 0. The van der Waals surface area contributed by atoms with Gasteiger partial charge in [-0.15, -0.1) is 0 Å². The molecule has 0 radical (unpaired) electrons. The average Bonchev–Trinajstić information content (AvgIpc) is 3.52. The van der Waals surface area contributed by atoms with Crippen LogP contribution in [0, 0.1) is 11.7 Å². The first-order valence-corrected chi connectivity index (χ1v) is 12.5. The first-order chi connectivity index (χ1) is 18.6. The van der Waals surface area contributed by atoms with Crippen LogP contribution < -0.4 is 5.32 Å². The molecule has 1 fully saturated rings. The molecule has 1 aliphatic carbocycles. The summed E-state index contributed by atoms with van der Waals surface area (Å²) in [7, 11) is 0. The highest BCUT2D eigenvalue weighted by Crippen LogP contribution is 2.34. The molecule has 7 rings (SSSR count). The standard InChI is InChI=1S/C29H22FN7O/c30-19-6-4-16(5-7-19)21-8-9-32-28-22(21)11-25(35-28)27-23-12-24(33-15-26(23)36-37-27)18-10-20(14-31-13-18)34-29(38)17-2-1-3-17/h4-15,17H,1-3H2,(H,32,35)(H,34,38)(H,36,37). The predicted octanol–water partition coefficient (Wildman–Crippen LogP) is 6.11. The number of halogens is 1. The summed E-state index contributed by atoms with van der Waals surface area (Å²) in [5.74, 6) is -0.137. The molecule has 38 heavy (non-hydrogen) atoms. The van der Waals surface area contributed by atoms with Crippen molar-refractivity contribution in [1.82, 2.24) is 30.1 Å². The molecule has 0 atom stereocenters. The Hall–Kier alpha value is -4.92. The van der Waals surface area contributed by atoms with E-state index < -0.39 is 0 Å². The maximum absolute atomic E-state index is 13.5. The van der Waals surface area contributed by atoms with Crippen LogP contribution in [0.15, 0.2) is 73.3 Å². The molecule has 5 heterocycles. The Bertz CT molecular complexity index is 1820. The maximum Gasteiger partial charge on any atom is 0.227 e. The number of hydrogen-bond donors (Lipinski definition) is 3. The van der Waals surface area contributed by atoms with E-state index in [2.05, 4.69) is 35.5 Å². The van der Waals surface area contributed by atoms with Crippen LogP contribution in [0.2, 0.25) is 0 Å². The van der Waals surface area contributed by atoms with Crippen LogP contribution >= 0.6 is 0 Å². The maximum atomic E-state index is 13.5. The van der Waals surface area contributed by atoms with E-state index in [1.54, 1.807) is 36.9 Å². The van der Waals surface area contributed by atoms with E-state index in [4.69, 9.17) is 0 Å². The summed E-state index contributed by atoms with van der Waals surface area (Å²) in [5.41, 5.74) is 7.05. The molecular weight excluding hydrogens is 481 g/mol. The lowest BCUT2D eigenvalue weighted by Crippen LogP contribution is -2.28. The number of hydrogen-bond acceptors (Lipinski definition) is 5. The van der Waals surface area contributed by atoms with Crippen molar-refractivity contribution in [3.63, 3.8) is 0 Å². The Morgan fingerprint density at radius 3 is 2.63 bits per heavy atom. The number of H-pyrrole nitrogens is 2. The van der Waals surface area contributed by atoms with Gasteiger partial charge in [0.15, 0.2) is 0 Å². The number of aromatic nitrogens is 6. The molecule has 0 spiro atoms. The zero-order valence-electron chi connectivity index (χ0n) is 20.2. The molecule has 0 aliphatic heterocycles. The second-order valence-electron chi connectivity index (χ2n) is 9.58. The monoisotopic (exact) mass is 503 g/mol. The van der Waals surface area contributed by atoms with Crippen LogP contribution in [-0.4, -0.2) is 36.0 Å². The molecule has 5 aromatic heterocycles. The van der Waals surface area contributed by atoms with Gasteiger partial charge in [0, 0.05) is 34.6 Å². The van der Waals surface area contributed by atoms with Gasteiger partial charge in [0.25, 0.3) is 0 Å². The minimum Gasteiger partial charge on any atom is -0.338 e. The topological polar surface area (TPSA) is 112 Å². The van der Waals surface area contributed by atoms with Crippen molar-refractivity contribution in [1.29, 1.82) is 0 Å². The number of aromatic amines is 2. The second kappa shape index (κ2) is 8.88. The summed E-state index contributed by atoms with van der Waals surface area (Å²) in [6, 6.07) is 14.2. The number of nitrogens with one attached hydrogen (secondary N) is 3. The van der Waals surface area contributed by atoms with Gasteiger partial charge in [0.2, 0.25) is 5.91 Å². The average molecular weight is 504 g/mol. The van der Waals surface area contributed by atoms with E-state index in [0.29, 0.717) is 17.0 Å². The quantitative estimate of drug-likeness (QED) is 0.263. The lowest BCUT2D eigenvalue weighted by atomic mass is 9.85. The van der Waals surface area contributed by atoms with Crippen LogP contribution in [0.5, 0.6) is 0 Å². The molecule has 3 N–H and O–H groups in total. The molecule has 9 heteroatoms. The van der Waals surface area contributed by atoms with Crippen molar-refractivity contribution < 1.29 is 9.18 Å². The van der Waals surface area contributed by atoms with Gasteiger partial charge < -0.3 is 10.3 Å². The van der Waals surface area contributed by atoms with Crippen molar-refractivity contribution >= 4 is 33.5 Å². The van der Waals surface area contributed by atoms with Crippen LogP contribution in [0.25, 0.3) is 55.7 Å². The van der Waals surface area contributed by atoms with Crippen LogP contribution in [0.3, 0.4) is 0 Å². The fourth-order valence-corrected chi connectivity index (χ4v) is 4.88. The number of carbonyl (C=O) groups excluding carboxylic acids is 1. The van der Waals surface area contributed by atoms with Gasteiger partial charge >= 0.3 is 0 Å². The van der Waals surface area contributed by atoms with Gasteiger partial charge in [-0.05, 0) is 60.4 Å². The van der Waals surface area contributed by atoms with Crippen molar-refractivity contribution in [2.24, 2.45) is 5.92 Å². The molecule has 1 aromatic carbocycles. The molecule has 0 saturated heterocycles. The third-order valence-corrected chi connectivity index (χ3v) is 7.17. The molecule has 1 saturated carbocycles. The predicted molar refractivity (Wildman–Crippen MR) is 144 cm³/mol. The number of pyridine rings is 3. The summed E-state index contributed by atoms with van der Waals surface area (Å²) in [5, 5.41) is 12.4. The lowest BCUT2D eigenvalue weighted by molar-refractivity contribution is -0.122. The van der Waals surface area contributed by atoms with Gasteiger partial charge in [-0.3, -0.25) is 19.9 Å². The zero-order valence-corrected chi connectivity index (χ0v) is 20.2. The molecule has 1 aliphatic rings. The Balaban J connectivity index is 1.26. The van der Waals surface area contributed by atoms with Crippen LogP contribution in [0.4, 0.5) is 10.1 Å². The smallest absolute Gasteiger partial charge is 0.227 e. The third-order valence-electron chi connectivity index (χ3n) is 7.17. The van der Waals surface area contributed by atoms with E-state index in [9.17, 15) is 9.18 Å². The summed E-state index contributed by atoms with van der Waals surface area (Å²) in [6.07, 6.45) is 9.84. The molecule has 1 amide bonds. The number of carbonyl (C=O) groups is 1. The molecular formula is C29H22FN7O. The van der Waals surface area contributed by atoms with E-state index >= 15 is 0 Å². The summed E-state index contributed by atoms with van der Waals surface area (Å²) in [6.45, 7) is 0. The number of amides is 1. The van der Waals surface area contributed by atoms with Crippen molar-refractivity contribution in [2.75, 3.05) is 5.32 Å². The van der Waals surface area contributed by atoms with Crippen LogP contribution in [0.1, 0.15) is 19.3 Å². The second-order valence-corrected chi connectivity index (χ2v) is 9.58. The molecule has 0 unspecified atom stereocenters.